The lowest BCUT2D eigenvalue weighted by Crippen LogP contribution is -2.37. The molecular weight excluding hydrogens is 250 g/mol. The smallest absolute Gasteiger partial charge is 0.227 e. The highest BCUT2D eigenvalue weighted by molar-refractivity contribution is 5.83. The van der Waals surface area contributed by atoms with E-state index in [0.29, 0.717) is 6.42 Å². The van der Waals surface area contributed by atoms with Gasteiger partial charge in [0.05, 0.1) is 12.2 Å². The zero-order valence-electron chi connectivity index (χ0n) is 12.0. The molecular formula is C17H21NO2. The second-order valence-electron chi connectivity index (χ2n) is 5.06. The minimum Gasteiger partial charge on any atom is -0.469 e. The van der Waals surface area contributed by atoms with Gasteiger partial charge >= 0.3 is 0 Å². The maximum absolute atomic E-state index is 12.4. The lowest BCUT2D eigenvalue weighted by Gasteiger charge is -2.19. The van der Waals surface area contributed by atoms with E-state index in [9.17, 15) is 4.79 Å². The quantitative estimate of drug-likeness (QED) is 0.873. The molecule has 2 atom stereocenters. The largest absolute Gasteiger partial charge is 0.469 e. The Morgan fingerprint density at radius 1 is 1.20 bits per heavy atom. The third kappa shape index (κ3) is 3.73. The lowest BCUT2D eigenvalue weighted by molar-refractivity contribution is -0.123. The highest BCUT2D eigenvalue weighted by Gasteiger charge is 2.20. The van der Waals surface area contributed by atoms with E-state index in [1.165, 1.54) is 0 Å². The zero-order valence-corrected chi connectivity index (χ0v) is 12.0. The lowest BCUT2D eigenvalue weighted by atomic mass is 9.95. The number of carbonyl (C=O) groups excluding carboxylic acids is 1. The minimum absolute atomic E-state index is 0.0615. The highest BCUT2D eigenvalue weighted by Crippen LogP contribution is 2.19. The first-order valence-electron chi connectivity index (χ1n) is 7.08. The van der Waals surface area contributed by atoms with Gasteiger partial charge in [-0.3, -0.25) is 4.79 Å². The Morgan fingerprint density at radius 2 is 1.95 bits per heavy atom. The Hall–Kier alpha value is -2.03. The van der Waals surface area contributed by atoms with Crippen molar-refractivity contribution in [2.75, 3.05) is 0 Å². The normalized spacial score (nSPS) is 13.7. The van der Waals surface area contributed by atoms with Crippen LogP contribution in [0.15, 0.2) is 53.1 Å². The molecule has 0 bridgehead atoms. The van der Waals surface area contributed by atoms with E-state index in [1.807, 2.05) is 56.3 Å². The number of amides is 1. The van der Waals surface area contributed by atoms with Gasteiger partial charge in [-0.25, -0.2) is 0 Å². The van der Waals surface area contributed by atoms with Gasteiger partial charge in [0.1, 0.15) is 5.76 Å². The predicted molar refractivity (Wildman–Crippen MR) is 79.5 cm³/mol. The summed E-state index contributed by atoms with van der Waals surface area (Å²) < 4.78 is 5.31. The van der Waals surface area contributed by atoms with Crippen molar-refractivity contribution >= 4 is 5.91 Å². The molecule has 3 nitrogen and oxygen atoms in total. The molecule has 3 heteroatoms. The van der Waals surface area contributed by atoms with E-state index < -0.39 is 0 Å². The van der Waals surface area contributed by atoms with Crippen LogP contribution in [-0.2, 0) is 11.2 Å². The first kappa shape index (κ1) is 14.4. The third-order valence-electron chi connectivity index (χ3n) is 3.40. The molecule has 1 N–H and O–H groups in total. The molecule has 0 spiro atoms. The van der Waals surface area contributed by atoms with Crippen molar-refractivity contribution in [3.8, 4) is 0 Å². The van der Waals surface area contributed by atoms with Crippen LogP contribution >= 0.6 is 0 Å². The molecule has 20 heavy (non-hydrogen) atoms. The zero-order chi connectivity index (χ0) is 14.4. The molecule has 0 aliphatic heterocycles. The fourth-order valence-corrected chi connectivity index (χ4v) is 2.38. The summed E-state index contributed by atoms with van der Waals surface area (Å²) in [5, 5.41) is 3.07. The fraction of sp³-hybridized carbons (Fsp3) is 0.353. The summed E-state index contributed by atoms with van der Waals surface area (Å²) >= 11 is 0. The summed E-state index contributed by atoms with van der Waals surface area (Å²) in [4.78, 5) is 12.4. The Bertz CT molecular complexity index is 519. The van der Waals surface area contributed by atoms with Crippen LogP contribution in [0, 0.1) is 0 Å². The highest BCUT2D eigenvalue weighted by atomic mass is 16.3. The molecule has 2 rings (SSSR count). The molecule has 2 aromatic rings. The Labute approximate surface area is 120 Å². The molecule has 0 saturated carbocycles. The van der Waals surface area contributed by atoms with Crippen LogP contribution in [0.25, 0.3) is 0 Å². The van der Waals surface area contributed by atoms with Gasteiger partial charge in [-0.1, -0.05) is 37.3 Å². The van der Waals surface area contributed by atoms with E-state index >= 15 is 0 Å². The number of rotatable bonds is 6. The van der Waals surface area contributed by atoms with Crippen molar-refractivity contribution in [3.63, 3.8) is 0 Å². The van der Waals surface area contributed by atoms with Crippen LogP contribution in [-0.4, -0.2) is 11.9 Å². The van der Waals surface area contributed by atoms with Gasteiger partial charge in [-0.2, -0.15) is 0 Å². The fourth-order valence-electron chi connectivity index (χ4n) is 2.38. The minimum atomic E-state index is -0.0877. The van der Waals surface area contributed by atoms with Gasteiger partial charge in [0.25, 0.3) is 0 Å². The van der Waals surface area contributed by atoms with Crippen LogP contribution in [0.2, 0.25) is 0 Å². The molecule has 1 aromatic heterocycles. The van der Waals surface area contributed by atoms with Crippen LogP contribution in [0.4, 0.5) is 0 Å². The Morgan fingerprint density at radius 3 is 2.55 bits per heavy atom. The number of benzene rings is 1. The van der Waals surface area contributed by atoms with Crippen LogP contribution < -0.4 is 5.32 Å². The van der Waals surface area contributed by atoms with Crippen molar-refractivity contribution in [1.29, 1.82) is 0 Å². The molecule has 1 amide bonds. The first-order valence-corrected chi connectivity index (χ1v) is 7.08. The molecule has 106 valence electrons. The summed E-state index contributed by atoms with van der Waals surface area (Å²) in [6, 6.07) is 13.8. The molecule has 0 aliphatic carbocycles. The van der Waals surface area contributed by atoms with Gasteiger partial charge in [0, 0.05) is 12.5 Å². The van der Waals surface area contributed by atoms with Gasteiger partial charge in [0.2, 0.25) is 5.91 Å². The van der Waals surface area contributed by atoms with E-state index in [-0.39, 0.29) is 17.9 Å². The number of hydrogen-bond acceptors (Lipinski definition) is 2. The summed E-state index contributed by atoms with van der Waals surface area (Å²) in [7, 11) is 0. The van der Waals surface area contributed by atoms with Crippen molar-refractivity contribution in [2.45, 2.75) is 38.6 Å². The summed E-state index contributed by atoms with van der Waals surface area (Å²) in [5.41, 5.74) is 1.07. The maximum atomic E-state index is 12.4. The molecule has 0 saturated heterocycles. The molecule has 0 aliphatic rings. The molecule has 0 radical (unpaired) electrons. The van der Waals surface area contributed by atoms with Gasteiger partial charge < -0.3 is 9.73 Å². The average molecular weight is 271 g/mol. The van der Waals surface area contributed by atoms with Crippen LogP contribution in [0.1, 0.15) is 37.5 Å². The topological polar surface area (TPSA) is 42.2 Å². The van der Waals surface area contributed by atoms with Crippen molar-refractivity contribution in [1.82, 2.24) is 5.32 Å². The number of carbonyl (C=O) groups is 1. The number of nitrogens with one attached hydrogen (secondary N) is 1. The number of furan rings is 1. The average Bonchev–Trinajstić information content (AvgIpc) is 2.93. The summed E-state index contributed by atoms with van der Waals surface area (Å²) in [5.74, 6) is 0.888. The molecule has 0 fully saturated rings. The second-order valence-corrected chi connectivity index (χ2v) is 5.06. The van der Waals surface area contributed by atoms with Crippen molar-refractivity contribution in [2.24, 2.45) is 0 Å². The maximum Gasteiger partial charge on any atom is 0.227 e. The van der Waals surface area contributed by atoms with E-state index in [1.54, 1.807) is 6.26 Å². The first-order chi connectivity index (χ1) is 9.70. The van der Waals surface area contributed by atoms with E-state index in [4.69, 9.17) is 4.42 Å². The predicted octanol–water partition coefficient (Wildman–Crippen LogP) is 3.52. The van der Waals surface area contributed by atoms with Crippen LogP contribution in [0.5, 0.6) is 0 Å². The molecule has 2 unspecified atom stereocenters. The van der Waals surface area contributed by atoms with Gasteiger partial charge in [-0.05, 0) is 31.0 Å². The molecule has 1 heterocycles. The standard InChI is InChI=1S/C17H21NO2/c1-3-16(14-8-5-4-6-9-14)17(19)18-13(2)12-15-10-7-11-20-15/h4-11,13,16H,3,12H2,1-2H3,(H,18,19). The Balaban J connectivity index is 1.95. The second kappa shape index (κ2) is 6.94. The van der Waals surface area contributed by atoms with Crippen molar-refractivity contribution in [3.05, 3.63) is 60.1 Å². The Kier molecular flexibility index (Phi) is 4.99. The van der Waals surface area contributed by atoms with E-state index in [2.05, 4.69) is 5.32 Å². The third-order valence-corrected chi connectivity index (χ3v) is 3.40. The van der Waals surface area contributed by atoms with Gasteiger partial charge in [-0.15, -0.1) is 0 Å². The number of hydrogen-bond donors (Lipinski definition) is 1. The molecule has 1 aromatic carbocycles. The van der Waals surface area contributed by atoms with E-state index in [0.717, 1.165) is 17.7 Å². The SMILES string of the molecule is CCC(C(=O)NC(C)Cc1ccco1)c1ccccc1. The van der Waals surface area contributed by atoms with Gasteiger partial charge in [0.15, 0.2) is 0 Å². The monoisotopic (exact) mass is 271 g/mol. The van der Waals surface area contributed by atoms with Crippen molar-refractivity contribution < 1.29 is 9.21 Å². The summed E-state index contributed by atoms with van der Waals surface area (Å²) in [6.45, 7) is 4.03. The van der Waals surface area contributed by atoms with Crippen LogP contribution in [0.3, 0.4) is 0 Å². The summed E-state index contributed by atoms with van der Waals surface area (Å²) in [6.07, 6.45) is 3.16.